The number of rotatable bonds is 6. The lowest BCUT2D eigenvalue weighted by Gasteiger charge is -2.30. The van der Waals surface area contributed by atoms with E-state index in [1.165, 1.54) is 69.3 Å². The number of hydrogen-bond acceptors (Lipinski definition) is 4. The largest absolute Gasteiger partial charge is 0.362 e. The number of nitrogens with one attached hydrogen (secondary N) is 1. The lowest BCUT2D eigenvalue weighted by molar-refractivity contribution is -0.134. The zero-order valence-corrected chi connectivity index (χ0v) is 23.1. The van der Waals surface area contributed by atoms with Gasteiger partial charge >= 0.3 is 0 Å². The molecule has 2 aliphatic carbocycles. The van der Waals surface area contributed by atoms with E-state index in [0.717, 1.165) is 75.8 Å². The lowest BCUT2D eigenvalue weighted by Crippen LogP contribution is -2.39. The van der Waals surface area contributed by atoms with Gasteiger partial charge in [0.1, 0.15) is 0 Å². The molecule has 6 heteroatoms. The maximum absolute atomic E-state index is 13.6. The summed E-state index contributed by atoms with van der Waals surface area (Å²) in [4.78, 5) is 32.0. The van der Waals surface area contributed by atoms with Crippen molar-refractivity contribution in [1.29, 1.82) is 0 Å². The topological polar surface area (TPSA) is 55.9 Å². The van der Waals surface area contributed by atoms with Crippen LogP contribution in [0.25, 0.3) is 0 Å². The third-order valence-corrected chi connectivity index (χ3v) is 9.70. The van der Waals surface area contributed by atoms with E-state index < -0.39 is 0 Å². The van der Waals surface area contributed by atoms with Gasteiger partial charge < -0.3 is 20.0 Å². The zero-order valence-electron chi connectivity index (χ0n) is 23.1. The molecule has 2 amide bonds. The van der Waals surface area contributed by atoms with E-state index in [-0.39, 0.29) is 11.8 Å². The fourth-order valence-electron chi connectivity index (χ4n) is 7.38. The minimum absolute atomic E-state index is 0.0156. The summed E-state index contributed by atoms with van der Waals surface area (Å²) >= 11 is 0. The first-order valence-corrected chi connectivity index (χ1v) is 15.2. The molecule has 6 nitrogen and oxygen atoms in total. The number of nitrogens with zero attached hydrogens (tertiary/aromatic N) is 3. The van der Waals surface area contributed by atoms with Crippen molar-refractivity contribution < 1.29 is 9.59 Å². The first-order chi connectivity index (χ1) is 18.1. The van der Waals surface area contributed by atoms with Gasteiger partial charge in [0.15, 0.2) is 0 Å². The number of allylic oxidation sites excluding steroid dienone is 3. The van der Waals surface area contributed by atoms with Gasteiger partial charge in [-0.05, 0) is 75.7 Å². The highest BCUT2D eigenvalue weighted by molar-refractivity contribution is 5.83. The molecule has 3 atom stereocenters. The highest BCUT2D eigenvalue weighted by Gasteiger charge is 2.33. The SMILES string of the molecule is CC(=O)N1CC=C(NC2=CC=C3CCCN(CCCN4CCC5CCCCCC5CC4)C(=O)C3C2)CC1. The Balaban J connectivity index is 1.10. The Kier molecular flexibility index (Phi) is 9.06. The number of hydrogen-bond donors (Lipinski definition) is 1. The Hall–Kier alpha value is -2.08. The summed E-state index contributed by atoms with van der Waals surface area (Å²) in [6.07, 6.45) is 21.3. The molecule has 0 aromatic heterocycles. The van der Waals surface area contributed by atoms with Crippen LogP contribution in [0, 0.1) is 17.8 Å². The van der Waals surface area contributed by atoms with Crippen LogP contribution in [0.5, 0.6) is 0 Å². The van der Waals surface area contributed by atoms with Crippen LogP contribution in [-0.4, -0.2) is 72.3 Å². The summed E-state index contributed by atoms with van der Waals surface area (Å²) in [7, 11) is 0. The average Bonchev–Trinajstić information content (AvgIpc) is 3.31. The molecule has 1 saturated carbocycles. The third-order valence-electron chi connectivity index (χ3n) is 9.70. The smallest absolute Gasteiger partial charge is 0.230 e. The molecule has 5 aliphatic rings. The van der Waals surface area contributed by atoms with Crippen molar-refractivity contribution in [2.75, 3.05) is 45.8 Å². The van der Waals surface area contributed by atoms with Crippen LogP contribution in [0.2, 0.25) is 0 Å². The van der Waals surface area contributed by atoms with Crippen LogP contribution in [0.4, 0.5) is 0 Å². The molecule has 0 radical (unpaired) electrons. The normalized spacial score (nSPS) is 29.6. The second-order valence-electron chi connectivity index (χ2n) is 12.1. The number of fused-ring (bicyclic) bond motifs is 2. The molecule has 5 rings (SSSR count). The monoisotopic (exact) mass is 508 g/mol. The lowest BCUT2D eigenvalue weighted by atomic mass is 9.84. The van der Waals surface area contributed by atoms with Gasteiger partial charge in [-0.25, -0.2) is 0 Å². The van der Waals surface area contributed by atoms with E-state index in [2.05, 4.69) is 33.3 Å². The van der Waals surface area contributed by atoms with Gasteiger partial charge in [0.05, 0.1) is 5.92 Å². The molecule has 37 heavy (non-hydrogen) atoms. The Morgan fingerprint density at radius 3 is 2.38 bits per heavy atom. The Morgan fingerprint density at radius 2 is 1.68 bits per heavy atom. The molecule has 0 bridgehead atoms. The van der Waals surface area contributed by atoms with Crippen molar-refractivity contribution in [3.63, 3.8) is 0 Å². The summed E-state index contributed by atoms with van der Waals surface area (Å²) in [5, 5.41) is 3.59. The fourth-order valence-corrected chi connectivity index (χ4v) is 7.38. The van der Waals surface area contributed by atoms with E-state index in [0.29, 0.717) is 12.5 Å². The number of likely N-dealkylation sites (tertiary alicyclic amines) is 2. The van der Waals surface area contributed by atoms with Crippen molar-refractivity contribution in [2.24, 2.45) is 17.8 Å². The molecule has 0 spiro atoms. The van der Waals surface area contributed by atoms with E-state index >= 15 is 0 Å². The second kappa shape index (κ2) is 12.6. The van der Waals surface area contributed by atoms with Gasteiger partial charge in [-0.2, -0.15) is 0 Å². The van der Waals surface area contributed by atoms with Gasteiger partial charge in [-0.1, -0.05) is 43.8 Å². The first kappa shape index (κ1) is 26.5. The molecular weight excluding hydrogens is 460 g/mol. The molecule has 204 valence electrons. The van der Waals surface area contributed by atoms with Crippen LogP contribution in [0.3, 0.4) is 0 Å². The van der Waals surface area contributed by atoms with Crippen LogP contribution in [0.15, 0.2) is 35.2 Å². The molecule has 3 fully saturated rings. The number of carbonyl (C=O) groups excluding carboxylic acids is 2. The van der Waals surface area contributed by atoms with Gasteiger partial charge in [-0.3, -0.25) is 9.59 Å². The van der Waals surface area contributed by atoms with Crippen molar-refractivity contribution in [1.82, 2.24) is 20.0 Å². The minimum atomic E-state index is -0.0156. The highest BCUT2D eigenvalue weighted by atomic mass is 16.2. The van der Waals surface area contributed by atoms with Gasteiger partial charge in [0, 0.05) is 57.3 Å². The molecular formula is C31H48N4O2. The second-order valence-corrected chi connectivity index (χ2v) is 12.1. The van der Waals surface area contributed by atoms with E-state index in [1.807, 2.05) is 4.90 Å². The van der Waals surface area contributed by atoms with Crippen molar-refractivity contribution in [3.8, 4) is 0 Å². The molecule has 3 unspecified atom stereocenters. The summed E-state index contributed by atoms with van der Waals surface area (Å²) in [5.41, 5.74) is 3.62. The van der Waals surface area contributed by atoms with Crippen LogP contribution < -0.4 is 5.32 Å². The maximum atomic E-state index is 13.6. The van der Waals surface area contributed by atoms with Crippen molar-refractivity contribution in [2.45, 2.75) is 84.0 Å². The van der Waals surface area contributed by atoms with E-state index in [1.54, 1.807) is 6.92 Å². The van der Waals surface area contributed by atoms with E-state index in [4.69, 9.17) is 0 Å². The number of carbonyl (C=O) groups is 2. The van der Waals surface area contributed by atoms with Gasteiger partial charge in [-0.15, -0.1) is 0 Å². The first-order valence-electron chi connectivity index (χ1n) is 15.2. The molecule has 0 aromatic carbocycles. The Bertz CT molecular complexity index is 906. The van der Waals surface area contributed by atoms with E-state index in [9.17, 15) is 9.59 Å². The summed E-state index contributed by atoms with van der Waals surface area (Å²) < 4.78 is 0. The van der Waals surface area contributed by atoms with Crippen molar-refractivity contribution in [3.05, 3.63) is 35.2 Å². The van der Waals surface area contributed by atoms with Crippen LogP contribution >= 0.6 is 0 Å². The fraction of sp³-hybridized carbons (Fsp3) is 0.742. The van der Waals surface area contributed by atoms with Gasteiger partial charge in [0.25, 0.3) is 0 Å². The quantitative estimate of drug-likeness (QED) is 0.557. The molecule has 3 heterocycles. The highest BCUT2D eigenvalue weighted by Crippen LogP contribution is 2.36. The summed E-state index contributed by atoms with van der Waals surface area (Å²) in [6.45, 7) is 8.49. The van der Waals surface area contributed by atoms with Gasteiger partial charge in [0.2, 0.25) is 11.8 Å². The Morgan fingerprint density at radius 1 is 0.892 bits per heavy atom. The molecule has 2 saturated heterocycles. The zero-order chi connectivity index (χ0) is 25.6. The average molecular weight is 509 g/mol. The standard InChI is InChI=1S/C31H48N4O2/c1-24(36)34-21-14-28(15-22-34)32-29-11-10-27-9-5-17-35(31(37)30(27)23-29)18-6-16-33-19-12-25-7-3-2-4-8-26(25)13-20-33/h10-11,14,25-26,30,32H,2-9,12-13,15-23H2,1H3. The summed E-state index contributed by atoms with van der Waals surface area (Å²) in [5.74, 6) is 2.37. The predicted octanol–water partition coefficient (Wildman–Crippen LogP) is 4.85. The minimum Gasteiger partial charge on any atom is -0.362 e. The van der Waals surface area contributed by atoms with Crippen molar-refractivity contribution >= 4 is 11.8 Å². The summed E-state index contributed by atoms with van der Waals surface area (Å²) in [6, 6.07) is 0. The van der Waals surface area contributed by atoms with Crippen LogP contribution in [0.1, 0.15) is 84.0 Å². The molecule has 3 aliphatic heterocycles. The Labute approximate surface area is 224 Å². The van der Waals surface area contributed by atoms with Crippen LogP contribution in [-0.2, 0) is 9.59 Å². The predicted molar refractivity (Wildman–Crippen MR) is 149 cm³/mol. The third kappa shape index (κ3) is 6.87. The maximum Gasteiger partial charge on any atom is 0.230 e. The molecule has 0 aromatic rings. The number of amides is 2. The molecule has 1 N–H and O–H groups in total.